The number of hydrogen-bond donors (Lipinski definition) is 3. The molecule has 3 aromatic carbocycles. The van der Waals surface area contributed by atoms with Crippen LogP contribution in [-0.4, -0.2) is 53.4 Å². The second-order valence-corrected chi connectivity index (χ2v) is 11.2. The summed E-state index contributed by atoms with van der Waals surface area (Å²) in [6.07, 6.45) is 0.849. The second kappa shape index (κ2) is 10.9. The minimum atomic E-state index is -0.956. The third kappa shape index (κ3) is 5.21. The maximum atomic E-state index is 12.9. The summed E-state index contributed by atoms with van der Waals surface area (Å²) < 4.78 is 5.59. The molecule has 200 valence electrons. The van der Waals surface area contributed by atoms with Crippen LogP contribution in [0, 0.1) is 11.8 Å². The first-order valence-electron chi connectivity index (χ1n) is 13.5. The average Bonchev–Trinajstić information content (AvgIpc) is 2.93. The summed E-state index contributed by atoms with van der Waals surface area (Å²) in [5.41, 5.74) is 3.13. The maximum Gasteiger partial charge on any atom is 0.308 e. The molecular formula is C32H38N2O4. The van der Waals surface area contributed by atoms with Gasteiger partial charge in [-0.2, -0.15) is 0 Å². The molecule has 6 rings (SSSR count). The van der Waals surface area contributed by atoms with Crippen LogP contribution in [0.15, 0.2) is 78.9 Å². The summed E-state index contributed by atoms with van der Waals surface area (Å²) in [6, 6.07) is 26.3. The van der Waals surface area contributed by atoms with E-state index in [2.05, 4.69) is 34.5 Å². The van der Waals surface area contributed by atoms with E-state index in [4.69, 9.17) is 4.74 Å². The molecule has 0 radical (unpaired) electrons. The molecule has 3 heterocycles. The fourth-order valence-electron chi connectivity index (χ4n) is 6.59. The molecule has 6 heteroatoms. The Labute approximate surface area is 225 Å². The van der Waals surface area contributed by atoms with Gasteiger partial charge in [-0.1, -0.05) is 66.7 Å². The van der Waals surface area contributed by atoms with Gasteiger partial charge in [-0.05, 0) is 61.6 Å². The van der Waals surface area contributed by atoms with E-state index in [1.807, 2.05) is 54.6 Å². The average molecular weight is 515 g/mol. The summed E-state index contributed by atoms with van der Waals surface area (Å²) in [5.74, 6) is -0.473. The van der Waals surface area contributed by atoms with E-state index in [-0.39, 0.29) is 23.9 Å². The molecule has 0 aliphatic carbocycles. The molecule has 0 spiro atoms. The molecule has 0 amide bonds. The van der Waals surface area contributed by atoms with E-state index in [0.717, 1.165) is 47.5 Å². The highest BCUT2D eigenvalue weighted by Crippen LogP contribution is 2.45. The Morgan fingerprint density at radius 3 is 2.24 bits per heavy atom. The van der Waals surface area contributed by atoms with E-state index in [1.54, 1.807) is 21.0 Å². The first-order chi connectivity index (χ1) is 18.3. The quantitative estimate of drug-likeness (QED) is 0.387. The van der Waals surface area contributed by atoms with Crippen molar-refractivity contribution in [3.05, 3.63) is 101 Å². The molecule has 3 fully saturated rings. The van der Waals surface area contributed by atoms with Crippen LogP contribution in [0.3, 0.4) is 0 Å². The minimum absolute atomic E-state index is 0.0147. The molecule has 38 heavy (non-hydrogen) atoms. The Morgan fingerprint density at radius 2 is 1.68 bits per heavy atom. The van der Waals surface area contributed by atoms with Gasteiger partial charge in [-0.25, -0.2) is 0 Å². The number of carboxylic acids is 1. The molecule has 1 unspecified atom stereocenters. The van der Waals surface area contributed by atoms with E-state index < -0.39 is 17.5 Å². The fraction of sp³-hybridized carbons (Fsp3) is 0.406. The Morgan fingerprint density at radius 1 is 1.05 bits per heavy atom. The molecule has 2 bridgehead atoms. The lowest BCUT2D eigenvalue weighted by Crippen LogP contribution is -2.67. The van der Waals surface area contributed by atoms with Gasteiger partial charge in [0.2, 0.25) is 0 Å². The highest BCUT2D eigenvalue weighted by Gasteiger charge is 2.53. The summed E-state index contributed by atoms with van der Waals surface area (Å²) in [6.45, 7) is 5.77. The number of rotatable bonds is 9. The van der Waals surface area contributed by atoms with Crippen LogP contribution < -0.4 is 10.1 Å². The van der Waals surface area contributed by atoms with Crippen molar-refractivity contribution < 1.29 is 19.7 Å². The van der Waals surface area contributed by atoms with Gasteiger partial charge in [-0.15, -0.1) is 0 Å². The van der Waals surface area contributed by atoms with Gasteiger partial charge in [0.05, 0.1) is 18.6 Å². The number of aliphatic carboxylic acids is 1. The Balaban J connectivity index is 1.43. The van der Waals surface area contributed by atoms with Crippen molar-refractivity contribution in [2.75, 3.05) is 20.2 Å². The summed E-state index contributed by atoms with van der Waals surface area (Å²) in [4.78, 5) is 15.3. The van der Waals surface area contributed by atoms with Crippen LogP contribution in [0.4, 0.5) is 0 Å². The van der Waals surface area contributed by atoms with Crippen LogP contribution in [0.1, 0.15) is 48.4 Å². The molecule has 6 nitrogen and oxygen atoms in total. The summed E-state index contributed by atoms with van der Waals surface area (Å²) in [7, 11) is 1.65. The number of piperidine rings is 3. The molecule has 5 atom stereocenters. The van der Waals surface area contributed by atoms with E-state index >= 15 is 0 Å². The number of fused-ring (bicyclic) bond motifs is 3. The van der Waals surface area contributed by atoms with Crippen LogP contribution in [-0.2, 0) is 16.9 Å². The number of carboxylic acid groups (broad SMARTS) is 1. The maximum absolute atomic E-state index is 12.9. The zero-order valence-electron chi connectivity index (χ0n) is 22.4. The van der Waals surface area contributed by atoms with Crippen molar-refractivity contribution in [2.45, 2.75) is 50.4 Å². The monoisotopic (exact) mass is 514 g/mol. The standard InChI is InChI=1S/C32H38N2O4/c1-32(2,37)24-14-15-27(38-3)23(18-24)19-33-26-20-34-17-16-25(26)29(31(35)36)30(34)28(21-10-6-4-7-11-21)22-12-8-5-9-13-22/h4-15,18,25-26,28-30,33,37H,16-17,19-20H2,1-3H3,(H,35,36)/t25-,26+,29+,30-/m1/s1. The van der Waals surface area contributed by atoms with Crippen molar-refractivity contribution in [1.82, 2.24) is 10.2 Å². The normalized spacial score (nSPS) is 24.9. The number of ether oxygens (including phenoxy) is 1. The van der Waals surface area contributed by atoms with Gasteiger partial charge < -0.3 is 20.3 Å². The number of carbonyl (C=O) groups is 1. The van der Waals surface area contributed by atoms with Crippen LogP contribution in [0.25, 0.3) is 0 Å². The number of methoxy groups -OCH3 is 1. The number of nitrogens with one attached hydrogen (secondary N) is 1. The van der Waals surface area contributed by atoms with Gasteiger partial charge in [0.15, 0.2) is 0 Å². The van der Waals surface area contributed by atoms with Gasteiger partial charge in [0, 0.05) is 36.7 Å². The summed E-state index contributed by atoms with van der Waals surface area (Å²) in [5, 5.41) is 24.8. The van der Waals surface area contributed by atoms with Crippen LogP contribution in [0.2, 0.25) is 0 Å². The van der Waals surface area contributed by atoms with E-state index in [1.165, 1.54) is 0 Å². The lowest BCUT2D eigenvalue weighted by atomic mass is 9.65. The third-order valence-corrected chi connectivity index (χ3v) is 8.43. The van der Waals surface area contributed by atoms with Crippen LogP contribution >= 0.6 is 0 Å². The molecular weight excluding hydrogens is 476 g/mol. The molecule has 3 aliphatic rings. The van der Waals surface area contributed by atoms with Gasteiger partial charge in [0.25, 0.3) is 0 Å². The van der Waals surface area contributed by atoms with Crippen molar-refractivity contribution >= 4 is 5.97 Å². The molecule has 3 N–H and O–H groups in total. The lowest BCUT2D eigenvalue weighted by Gasteiger charge is -2.55. The molecule has 0 aromatic heterocycles. The molecule has 3 aliphatic heterocycles. The zero-order valence-corrected chi connectivity index (χ0v) is 22.4. The van der Waals surface area contributed by atoms with Crippen molar-refractivity contribution in [2.24, 2.45) is 11.8 Å². The largest absolute Gasteiger partial charge is 0.496 e. The highest BCUT2D eigenvalue weighted by atomic mass is 16.5. The lowest BCUT2D eigenvalue weighted by molar-refractivity contribution is -0.155. The Hall–Kier alpha value is -3.19. The predicted octanol–water partition coefficient (Wildman–Crippen LogP) is 4.62. The van der Waals surface area contributed by atoms with Gasteiger partial charge >= 0.3 is 5.97 Å². The number of hydrogen-bond acceptors (Lipinski definition) is 5. The van der Waals surface area contributed by atoms with Crippen molar-refractivity contribution in [3.63, 3.8) is 0 Å². The number of aliphatic hydroxyl groups is 1. The first-order valence-corrected chi connectivity index (χ1v) is 13.5. The Kier molecular flexibility index (Phi) is 7.57. The second-order valence-electron chi connectivity index (χ2n) is 11.2. The SMILES string of the molecule is COc1ccc(C(C)(C)O)cc1CN[C@H]1CN2CC[C@H]1[C@H](C(=O)O)[C@H]2C(c1ccccc1)c1ccccc1. The minimum Gasteiger partial charge on any atom is -0.496 e. The smallest absolute Gasteiger partial charge is 0.308 e. The Bertz CT molecular complexity index is 1200. The number of benzene rings is 3. The first kappa shape index (κ1) is 26.4. The fourth-order valence-corrected chi connectivity index (χ4v) is 6.59. The van der Waals surface area contributed by atoms with E-state index in [9.17, 15) is 15.0 Å². The molecule has 3 saturated heterocycles. The highest BCUT2D eigenvalue weighted by molar-refractivity contribution is 5.72. The van der Waals surface area contributed by atoms with Crippen LogP contribution in [0.5, 0.6) is 5.75 Å². The van der Waals surface area contributed by atoms with Gasteiger partial charge in [0.1, 0.15) is 5.75 Å². The number of nitrogens with zero attached hydrogens (tertiary/aromatic N) is 1. The predicted molar refractivity (Wildman–Crippen MR) is 148 cm³/mol. The molecule has 0 saturated carbocycles. The van der Waals surface area contributed by atoms with E-state index in [0.29, 0.717) is 6.54 Å². The topological polar surface area (TPSA) is 82.0 Å². The third-order valence-electron chi connectivity index (χ3n) is 8.43. The van der Waals surface area contributed by atoms with Crippen molar-refractivity contribution in [3.8, 4) is 5.75 Å². The van der Waals surface area contributed by atoms with Crippen molar-refractivity contribution in [1.29, 1.82) is 0 Å². The molecule has 3 aromatic rings. The summed E-state index contributed by atoms with van der Waals surface area (Å²) >= 11 is 0. The van der Waals surface area contributed by atoms with Gasteiger partial charge in [-0.3, -0.25) is 9.69 Å². The zero-order chi connectivity index (χ0) is 26.9.